The lowest BCUT2D eigenvalue weighted by molar-refractivity contribution is 0.0646. The lowest BCUT2D eigenvalue weighted by Gasteiger charge is -2.08. The van der Waals surface area contributed by atoms with Gasteiger partial charge >= 0.3 is 44.1 Å². The Bertz CT molecular complexity index is 1200. The molecule has 0 heterocycles. The molecule has 0 unspecified atom stereocenters. The van der Waals surface area contributed by atoms with E-state index >= 15 is 0 Å². The lowest BCUT2D eigenvalue weighted by Crippen LogP contribution is -2.13. The van der Waals surface area contributed by atoms with Crippen LogP contribution in [0.4, 0.5) is 0 Å². The van der Waals surface area contributed by atoms with Crippen molar-refractivity contribution in [3.8, 4) is 11.5 Å². The van der Waals surface area contributed by atoms with Crippen LogP contribution in [0.5, 0.6) is 11.5 Å². The molecule has 0 bridgehead atoms. The Morgan fingerprint density at radius 1 is 0.529 bits per heavy atom. The maximum atomic E-state index is 12.4. The van der Waals surface area contributed by atoms with E-state index in [2.05, 4.69) is 0 Å². The molecule has 0 saturated carbocycles. The van der Waals surface area contributed by atoms with Crippen LogP contribution in [0.25, 0.3) is 0 Å². The summed E-state index contributed by atoms with van der Waals surface area (Å²) in [4.78, 5) is 68.2. The average molecular weight is 497 g/mol. The first kappa shape index (κ1) is 25.2. The zero-order chi connectivity index (χ0) is 25.9. The number of hydrogen-bond acceptors (Lipinski definition) is 9. The van der Waals surface area contributed by atoms with Gasteiger partial charge in [0.05, 0.1) is 22.3 Å². The molecule has 0 atom stereocenters. The first-order valence-electron chi connectivity index (χ1n) is 8.33. The highest BCUT2D eigenvalue weighted by Gasteiger charge is 2.35. The van der Waals surface area contributed by atoms with Crippen molar-refractivity contribution in [3.05, 3.63) is 57.6 Å². The summed E-state index contributed by atoms with van der Waals surface area (Å²) >= 11 is 0. The van der Waals surface area contributed by atoms with E-state index in [1.807, 2.05) is 0 Å². The van der Waals surface area contributed by atoms with Gasteiger partial charge in [-0.1, -0.05) is 0 Å². The van der Waals surface area contributed by atoms with E-state index in [-0.39, 0.29) is 0 Å². The Hall–Kier alpha value is -5.04. The summed E-state index contributed by atoms with van der Waals surface area (Å²) in [5, 5.41) is 55.2. The monoisotopic (exact) mass is 497 g/mol. The van der Waals surface area contributed by atoms with Gasteiger partial charge in [0.1, 0.15) is 11.1 Å². The van der Waals surface area contributed by atoms with E-state index in [1.54, 1.807) is 0 Å². The highest BCUT2D eigenvalue weighted by Crippen LogP contribution is 2.37. The summed E-state index contributed by atoms with van der Waals surface area (Å²) in [7, 11) is -3.69. The Morgan fingerprint density at radius 3 is 1.09 bits per heavy atom. The van der Waals surface area contributed by atoms with Crippen LogP contribution >= 0.6 is 8.25 Å². The molecular formula is C18H10O15P+. The van der Waals surface area contributed by atoms with Crippen LogP contribution in [0.2, 0.25) is 0 Å². The molecular weight excluding hydrogens is 487 g/mol. The summed E-state index contributed by atoms with van der Waals surface area (Å²) in [5.41, 5.74) is -5.95. The van der Waals surface area contributed by atoms with Crippen molar-refractivity contribution in [2.45, 2.75) is 0 Å². The summed E-state index contributed by atoms with van der Waals surface area (Å²) in [5.74, 6) is -13.2. The van der Waals surface area contributed by atoms with Crippen LogP contribution in [0.1, 0.15) is 62.1 Å². The largest absolute Gasteiger partial charge is 0.805 e. The standard InChI is InChI=1S/C18H9O15P/c19-13(20)5-1-7(15(23)24)11(17(27)28)9(3-5)32-34(31)33-10-4-6(14(21)22)2-8(16(25)26)12(10)18(29)30/h1-4H,(H5-,19,20,21,22,23,24,25,26,27,28,29,30)/p+1. The van der Waals surface area contributed by atoms with E-state index in [0.29, 0.717) is 24.3 Å². The predicted molar refractivity (Wildman–Crippen MR) is 104 cm³/mol. The van der Waals surface area contributed by atoms with E-state index in [4.69, 9.17) is 19.3 Å². The molecule has 176 valence electrons. The van der Waals surface area contributed by atoms with Crippen molar-refractivity contribution in [1.82, 2.24) is 0 Å². The number of benzene rings is 2. The second-order valence-electron chi connectivity index (χ2n) is 6.03. The fourth-order valence-corrected chi connectivity index (χ4v) is 3.23. The van der Waals surface area contributed by atoms with Crippen molar-refractivity contribution >= 4 is 44.1 Å². The van der Waals surface area contributed by atoms with Crippen molar-refractivity contribution in [1.29, 1.82) is 0 Å². The van der Waals surface area contributed by atoms with Crippen LogP contribution in [0.3, 0.4) is 0 Å². The summed E-state index contributed by atoms with van der Waals surface area (Å²) < 4.78 is 21.8. The van der Waals surface area contributed by atoms with E-state index in [1.165, 1.54) is 0 Å². The van der Waals surface area contributed by atoms with Gasteiger partial charge in [0.15, 0.2) is 0 Å². The third-order valence-electron chi connectivity index (χ3n) is 3.93. The number of carboxylic acids is 6. The Labute approximate surface area is 187 Å². The van der Waals surface area contributed by atoms with Crippen LogP contribution in [-0.4, -0.2) is 66.5 Å². The number of carboxylic acid groups (broad SMARTS) is 6. The highest BCUT2D eigenvalue weighted by atomic mass is 31.1. The minimum Gasteiger partial charge on any atom is -0.478 e. The number of aromatic carboxylic acids is 6. The molecule has 0 aliphatic heterocycles. The number of carbonyl (C=O) groups is 6. The summed E-state index contributed by atoms with van der Waals surface area (Å²) in [6.45, 7) is 0. The molecule has 16 heteroatoms. The Kier molecular flexibility index (Phi) is 7.14. The molecule has 0 aliphatic carbocycles. The van der Waals surface area contributed by atoms with Gasteiger partial charge in [-0.25, -0.2) is 37.8 Å². The van der Waals surface area contributed by atoms with Gasteiger partial charge < -0.3 is 30.6 Å². The van der Waals surface area contributed by atoms with E-state index in [0.717, 1.165) is 0 Å². The minimum atomic E-state index is -3.69. The molecule has 34 heavy (non-hydrogen) atoms. The van der Waals surface area contributed by atoms with Crippen molar-refractivity contribution in [2.75, 3.05) is 0 Å². The maximum Gasteiger partial charge on any atom is 0.805 e. The zero-order valence-corrected chi connectivity index (χ0v) is 17.0. The van der Waals surface area contributed by atoms with Crippen LogP contribution in [-0.2, 0) is 4.57 Å². The number of hydrogen-bond donors (Lipinski definition) is 6. The molecule has 15 nitrogen and oxygen atoms in total. The highest BCUT2D eigenvalue weighted by molar-refractivity contribution is 7.34. The normalized spacial score (nSPS) is 10.1. The zero-order valence-electron chi connectivity index (χ0n) is 16.1. The van der Waals surface area contributed by atoms with Gasteiger partial charge in [-0.05, 0) is 12.1 Å². The second-order valence-corrected chi connectivity index (χ2v) is 6.84. The molecule has 0 amide bonds. The van der Waals surface area contributed by atoms with Crippen LogP contribution in [0, 0.1) is 0 Å². The van der Waals surface area contributed by atoms with Crippen LogP contribution < -0.4 is 9.05 Å². The average Bonchev–Trinajstić information content (AvgIpc) is 2.71. The topological polar surface area (TPSA) is 259 Å². The summed E-state index contributed by atoms with van der Waals surface area (Å²) in [6, 6.07) is 1.99. The predicted octanol–water partition coefficient (Wildman–Crippen LogP) is 1.99. The van der Waals surface area contributed by atoms with Crippen molar-refractivity contribution in [2.24, 2.45) is 0 Å². The summed E-state index contributed by atoms with van der Waals surface area (Å²) in [6.07, 6.45) is 0. The van der Waals surface area contributed by atoms with Gasteiger partial charge in [-0.3, -0.25) is 0 Å². The molecule has 0 saturated heterocycles. The number of rotatable bonds is 10. The fraction of sp³-hybridized carbons (Fsp3) is 0. The van der Waals surface area contributed by atoms with Crippen molar-refractivity contribution in [3.63, 3.8) is 0 Å². The third-order valence-corrected chi connectivity index (χ3v) is 4.62. The van der Waals surface area contributed by atoms with Crippen molar-refractivity contribution < 1.29 is 73.0 Å². The molecule has 6 N–H and O–H groups in total. The molecule has 0 spiro atoms. The molecule has 0 radical (unpaired) electrons. The minimum absolute atomic E-state index is 0.493. The molecule has 0 aliphatic rings. The van der Waals surface area contributed by atoms with Gasteiger partial charge in [-0.15, -0.1) is 0 Å². The Balaban J connectivity index is 2.63. The fourth-order valence-electron chi connectivity index (χ4n) is 2.58. The van der Waals surface area contributed by atoms with Gasteiger partial charge in [0.2, 0.25) is 11.5 Å². The second kappa shape index (κ2) is 9.62. The van der Waals surface area contributed by atoms with Gasteiger partial charge in [0.25, 0.3) is 0 Å². The van der Waals surface area contributed by atoms with E-state index in [9.17, 15) is 53.8 Å². The first-order chi connectivity index (χ1) is 15.7. The SMILES string of the molecule is O=C(O)c1cc(O[P+](=O)Oc2cc(C(=O)O)cc(C(=O)O)c2C(=O)O)c(C(=O)O)c(C(=O)O)c1. The van der Waals surface area contributed by atoms with Gasteiger partial charge in [-0.2, -0.15) is 0 Å². The molecule has 2 rings (SSSR count). The quantitative estimate of drug-likeness (QED) is 0.256. The first-order valence-corrected chi connectivity index (χ1v) is 9.43. The van der Waals surface area contributed by atoms with Gasteiger partial charge in [0, 0.05) is 16.7 Å². The molecule has 2 aromatic carbocycles. The molecule has 0 aromatic heterocycles. The van der Waals surface area contributed by atoms with E-state index < -0.39 is 89.0 Å². The maximum absolute atomic E-state index is 12.4. The smallest absolute Gasteiger partial charge is 0.478 e. The third kappa shape index (κ3) is 5.23. The molecule has 0 fully saturated rings. The Morgan fingerprint density at radius 2 is 0.853 bits per heavy atom. The lowest BCUT2D eigenvalue weighted by atomic mass is 10.0. The van der Waals surface area contributed by atoms with Crippen LogP contribution in [0.15, 0.2) is 24.3 Å². The molecule has 2 aromatic rings.